The summed E-state index contributed by atoms with van der Waals surface area (Å²) in [5.41, 5.74) is 1.96. The largest absolute Gasteiger partial charge is 0.369 e. The van der Waals surface area contributed by atoms with Gasteiger partial charge in [-0.15, -0.1) is 0 Å². The van der Waals surface area contributed by atoms with E-state index in [1.165, 1.54) is 29.6 Å². The summed E-state index contributed by atoms with van der Waals surface area (Å²) in [4.78, 5) is 19.1. The molecule has 1 aliphatic heterocycles. The lowest BCUT2D eigenvalue weighted by Gasteiger charge is -2.27. The molecule has 1 aromatic carbocycles. The van der Waals surface area contributed by atoms with Crippen LogP contribution in [0.25, 0.3) is 0 Å². The molecular weight excluding hydrogens is 445 g/mol. The molecular formula is C23H32FN5O3S. The van der Waals surface area contributed by atoms with Gasteiger partial charge in [0, 0.05) is 32.4 Å². The third-order valence-corrected chi connectivity index (χ3v) is 8.21. The van der Waals surface area contributed by atoms with Gasteiger partial charge in [-0.05, 0) is 42.5 Å². The maximum absolute atomic E-state index is 13.5. The third-order valence-electron chi connectivity index (χ3n) is 6.67. The Bertz CT molecular complexity index is 1080. The molecule has 1 fully saturated rings. The highest BCUT2D eigenvalue weighted by atomic mass is 32.2. The Balaban J connectivity index is 1.39. The fourth-order valence-electron chi connectivity index (χ4n) is 4.92. The van der Waals surface area contributed by atoms with Crippen LogP contribution >= 0.6 is 0 Å². The van der Waals surface area contributed by atoms with Crippen LogP contribution in [0.3, 0.4) is 0 Å². The van der Waals surface area contributed by atoms with Crippen molar-refractivity contribution >= 4 is 21.6 Å². The maximum Gasteiger partial charge on any atom is 0.258 e. The molecule has 1 aliphatic carbocycles. The lowest BCUT2D eigenvalue weighted by molar-refractivity contribution is -0.123. The molecule has 10 heteroatoms. The number of nitrogens with one attached hydrogen (secondary N) is 2. The molecule has 33 heavy (non-hydrogen) atoms. The average Bonchev–Trinajstić information content (AvgIpc) is 3.40. The second kappa shape index (κ2) is 10.2. The zero-order valence-corrected chi connectivity index (χ0v) is 19.8. The highest BCUT2D eigenvalue weighted by Crippen LogP contribution is 2.29. The van der Waals surface area contributed by atoms with Gasteiger partial charge >= 0.3 is 0 Å². The van der Waals surface area contributed by atoms with Crippen LogP contribution in [-0.4, -0.2) is 49.6 Å². The first kappa shape index (κ1) is 23.7. The standard InChI is InChI=1S/C23H32FN5O3S/c1-28-16-25-15-22(28)33(31,32)27-20(13-17-5-3-2-4-6-17)23(30)26-10-12-29-11-9-18-14-19(24)7-8-21(18)29/h7-8,14-17,20,27H,2-6,9-13H2,1H3,(H,26,30)/t20-/m0/s1. The molecule has 2 N–H and O–H groups in total. The van der Waals surface area contributed by atoms with Gasteiger partial charge in [0.15, 0.2) is 5.03 Å². The average molecular weight is 478 g/mol. The van der Waals surface area contributed by atoms with Crippen LogP contribution in [0.4, 0.5) is 10.1 Å². The summed E-state index contributed by atoms with van der Waals surface area (Å²) in [5.74, 6) is -0.232. The number of nitrogens with zero attached hydrogens (tertiary/aromatic N) is 3. The highest BCUT2D eigenvalue weighted by molar-refractivity contribution is 7.89. The molecule has 180 valence electrons. The van der Waals surface area contributed by atoms with E-state index < -0.39 is 16.1 Å². The van der Waals surface area contributed by atoms with Gasteiger partial charge in [0.2, 0.25) is 5.91 Å². The van der Waals surface area contributed by atoms with E-state index in [1.807, 2.05) is 0 Å². The van der Waals surface area contributed by atoms with E-state index in [0.29, 0.717) is 25.4 Å². The first-order chi connectivity index (χ1) is 15.8. The van der Waals surface area contributed by atoms with Crippen molar-refractivity contribution < 1.29 is 17.6 Å². The SMILES string of the molecule is Cn1cncc1S(=O)(=O)N[C@@H](CC1CCCCC1)C(=O)NCCN1CCc2cc(F)ccc21. The molecule has 0 bridgehead atoms. The van der Waals surface area contributed by atoms with Crippen LogP contribution < -0.4 is 14.9 Å². The molecule has 0 spiro atoms. The summed E-state index contributed by atoms with van der Waals surface area (Å²) in [7, 11) is -2.28. The first-order valence-corrected chi connectivity index (χ1v) is 13.1. The minimum absolute atomic E-state index is 0.0323. The summed E-state index contributed by atoms with van der Waals surface area (Å²) < 4.78 is 43.4. The maximum atomic E-state index is 13.5. The number of hydrogen-bond acceptors (Lipinski definition) is 5. The number of fused-ring (bicyclic) bond motifs is 1. The van der Waals surface area contributed by atoms with Crippen molar-refractivity contribution in [1.82, 2.24) is 19.6 Å². The molecule has 0 radical (unpaired) electrons. The first-order valence-electron chi connectivity index (χ1n) is 11.6. The molecule has 0 saturated heterocycles. The van der Waals surface area contributed by atoms with Crippen LogP contribution in [0, 0.1) is 11.7 Å². The van der Waals surface area contributed by atoms with Gasteiger partial charge in [-0.25, -0.2) is 17.8 Å². The Hall–Kier alpha value is -2.46. The Morgan fingerprint density at radius 1 is 1.27 bits per heavy atom. The number of carbonyl (C=O) groups is 1. The van der Waals surface area contributed by atoms with Crippen molar-refractivity contribution in [2.24, 2.45) is 13.0 Å². The number of aromatic nitrogens is 2. The topological polar surface area (TPSA) is 96.3 Å². The lowest BCUT2D eigenvalue weighted by Crippen LogP contribution is -2.49. The Morgan fingerprint density at radius 2 is 2.06 bits per heavy atom. The molecule has 1 amide bonds. The number of amides is 1. The lowest BCUT2D eigenvalue weighted by atomic mass is 9.85. The summed E-state index contributed by atoms with van der Waals surface area (Å²) in [6.07, 6.45) is 9.40. The van der Waals surface area contributed by atoms with E-state index in [0.717, 1.165) is 49.9 Å². The van der Waals surface area contributed by atoms with E-state index >= 15 is 0 Å². The van der Waals surface area contributed by atoms with Gasteiger partial charge in [0.1, 0.15) is 11.9 Å². The zero-order valence-electron chi connectivity index (χ0n) is 19.0. The number of sulfonamides is 1. The molecule has 0 unspecified atom stereocenters. The van der Waals surface area contributed by atoms with Crippen LogP contribution in [0.1, 0.15) is 44.1 Å². The Morgan fingerprint density at radius 3 is 2.79 bits per heavy atom. The number of carbonyl (C=O) groups excluding carboxylic acids is 1. The van der Waals surface area contributed by atoms with Crippen molar-refractivity contribution in [1.29, 1.82) is 0 Å². The summed E-state index contributed by atoms with van der Waals surface area (Å²) >= 11 is 0. The quantitative estimate of drug-likeness (QED) is 0.578. The zero-order chi connectivity index (χ0) is 23.4. The number of benzene rings is 1. The van der Waals surface area contributed by atoms with Gasteiger partial charge in [-0.1, -0.05) is 32.1 Å². The molecule has 1 aromatic heterocycles. The van der Waals surface area contributed by atoms with Crippen molar-refractivity contribution in [3.63, 3.8) is 0 Å². The predicted octanol–water partition coefficient (Wildman–Crippen LogP) is 2.36. The minimum Gasteiger partial charge on any atom is -0.369 e. The summed E-state index contributed by atoms with van der Waals surface area (Å²) in [6.45, 7) is 1.73. The molecule has 1 saturated carbocycles. The fourth-order valence-corrected chi connectivity index (χ4v) is 6.25. The van der Waals surface area contributed by atoms with Crippen molar-refractivity contribution in [2.75, 3.05) is 24.5 Å². The summed E-state index contributed by atoms with van der Waals surface area (Å²) in [5, 5.41) is 2.95. The number of imidazole rings is 1. The molecule has 8 nitrogen and oxygen atoms in total. The number of hydrogen-bond donors (Lipinski definition) is 2. The van der Waals surface area contributed by atoms with Crippen molar-refractivity contribution in [2.45, 2.75) is 56.0 Å². The van der Waals surface area contributed by atoms with E-state index in [4.69, 9.17) is 0 Å². The molecule has 1 atom stereocenters. The van der Waals surface area contributed by atoms with Crippen LogP contribution in [-0.2, 0) is 28.3 Å². The fraction of sp³-hybridized carbons (Fsp3) is 0.565. The normalized spacial score (nSPS) is 17.7. The van der Waals surface area contributed by atoms with Crippen LogP contribution in [0.2, 0.25) is 0 Å². The number of anilines is 1. The van der Waals surface area contributed by atoms with Gasteiger partial charge in [0.05, 0.1) is 12.5 Å². The van der Waals surface area contributed by atoms with E-state index in [-0.39, 0.29) is 16.8 Å². The van der Waals surface area contributed by atoms with Gasteiger partial charge in [-0.2, -0.15) is 4.72 Å². The highest BCUT2D eigenvalue weighted by Gasteiger charge is 2.30. The number of halogens is 1. The molecule has 4 rings (SSSR count). The van der Waals surface area contributed by atoms with E-state index in [1.54, 1.807) is 19.2 Å². The smallest absolute Gasteiger partial charge is 0.258 e. The van der Waals surface area contributed by atoms with Crippen LogP contribution in [0.15, 0.2) is 35.7 Å². The Labute approximate surface area is 194 Å². The second-order valence-electron chi connectivity index (χ2n) is 9.06. The third kappa shape index (κ3) is 5.73. The van der Waals surface area contributed by atoms with Crippen molar-refractivity contribution in [3.05, 3.63) is 42.1 Å². The summed E-state index contributed by atoms with van der Waals surface area (Å²) in [6, 6.07) is 3.94. The molecule has 2 aliphatic rings. The van der Waals surface area contributed by atoms with E-state index in [2.05, 4.69) is 19.9 Å². The van der Waals surface area contributed by atoms with E-state index in [9.17, 15) is 17.6 Å². The number of aryl methyl sites for hydroxylation is 1. The predicted molar refractivity (Wildman–Crippen MR) is 124 cm³/mol. The monoisotopic (exact) mass is 477 g/mol. The van der Waals surface area contributed by atoms with Crippen molar-refractivity contribution in [3.8, 4) is 0 Å². The second-order valence-corrected chi connectivity index (χ2v) is 10.7. The van der Waals surface area contributed by atoms with Gasteiger partial charge in [-0.3, -0.25) is 4.79 Å². The van der Waals surface area contributed by atoms with Gasteiger partial charge in [0.25, 0.3) is 10.0 Å². The Kier molecular flexibility index (Phi) is 7.33. The number of rotatable bonds is 9. The van der Waals surface area contributed by atoms with Gasteiger partial charge < -0.3 is 14.8 Å². The molecule has 2 heterocycles. The van der Waals surface area contributed by atoms with Crippen LogP contribution in [0.5, 0.6) is 0 Å². The minimum atomic E-state index is -3.88. The molecule has 2 aromatic rings.